The van der Waals surface area contributed by atoms with Gasteiger partial charge in [-0.25, -0.2) is 4.79 Å². The molecule has 0 unspecified atom stereocenters. The van der Waals surface area contributed by atoms with E-state index in [0.717, 1.165) is 0 Å². The third kappa shape index (κ3) is 3.54. The van der Waals surface area contributed by atoms with Crippen LogP contribution in [0.4, 0.5) is 21.9 Å². The molecule has 0 saturated carbocycles. The number of nitro benzene ring substituents is 1. The number of carbonyl (C=O) groups is 3. The summed E-state index contributed by atoms with van der Waals surface area (Å²) >= 11 is 0. The number of rotatable bonds is 3. The van der Waals surface area contributed by atoms with Gasteiger partial charge in [-0.05, 0) is 51.1 Å². The molecule has 2 N–H and O–H groups in total. The Morgan fingerprint density at radius 2 is 1.46 bits per heavy atom. The third-order valence-electron chi connectivity index (χ3n) is 4.15. The molecule has 0 atom stereocenters. The molecule has 0 aromatic heterocycles. The highest BCUT2D eigenvalue weighted by Crippen LogP contribution is 2.31. The van der Waals surface area contributed by atoms with Gasteiger partial charge in [0.1, 0.15) is 0 Å². The van der Waals surface area contributed by atoms with Gasteiger partial charge in [-0.2, -0.15) is 0 Å². The number of hydrogen-bond acceptors (Lipinski definition) is 5. The number of nitrogens with one attached hydrogen (secondary N) is 2. The summed E-state index contributed by atoms with van der Waals surface area (Å²) in [7, 11) is 0. The second kappa shape index (κ2) is 6.76. The Hall–Kier alpha value is -3.75. The molecule has 0 saturated heterocycles. The van der Waals surface area contributed by atoms with E-state index in [4.69, 9.17) is 0 Å². The first-order chi connectivity index (χ1) is 13.1. The quantitative estimate of drug-likeness (QED) is 0.477. The van der Waals surface area contributed by atoms with Crippen LogP contribution in [-0.2, 0) is 0 Å². The molecule has 0 spiro atoms. The lowest BCUT2D eigenvalue weighted by Gasteiger charge is -2.29. The first-order valence-corrected chi connectivity index (χ1v) is 8.43. The number of anilines is 2. The highest BCUT2D eigenvalue weighted by molar-refractivity contribution is 6.22. The van der Waals surface area contributed by atoms with E-state index in [9.17, 15) is 24.5 Å². The van der Waals surface area contributed by atoms with Crippen LogP contribution in [0, 0.1) is 10.1 Å². The van der Waals surface area contributed by atoms with E-state index in [0.29, 0.717) is 16.9 Å². The van der Waals surface area contributed by atoms with Crippen molar-refractivity contribution < 1.29 is 19.3 Å². The van der Waals surface area contributed by atoms with Crippen molar-refractivity contribution in [2.45, 2.75) is 26.3 Å². The van der Waals surface area contributed by atoms with Crippen LogP contribution >= 0.6 is 0 Å². The van der Waals surface area contributed by atoms with Crippen molar-refractivity contribution in [3.63, 3.8) is 0 Å². The monoisotopic (exact) mass is 382 g/mol. The maximum absolute atomic E-state index is 12.6. The van der Waals surface area contributed by atoms with Gasteiger partial charge in [-0.1, -0.05) is 0 Å². The zero-order valence-electron chi connectivity index (χ0n) is 15.5. The van der Waals surface area contributed by atoms with Crippen LogP contribution in [0.15, 0.2) is 42.5 Å². The van der Waals surface area contributed by atoms with Gasteiger partial charge in [0.05, 0.1) is 16.1 Å². The summed E-state index contributed by atoms with van der Waals surface area (Å²) in [5, 5.41) is 15.8. The Morgan fingerprint density at radius 1 is 0.929 bits per heavy atom. The normalized spacial score (nSPS) is 13.3. The molecule has 0 bridgehead atoms. The van der Waals surface area contributed by atoms with Crippen molar-refractivity contribution in [3.8, 4) is 0 Å². The predicted molar refractivity (Wildman–Crippen MR) is 102 cm³/mol. The van der Waals surface area contributed by atoms with Gasteiger partial charge >= 0.3 is 6.03 Å². The summed E-state index contributed by atoms with van der Waals surface area (Å²) < 4.78 is 0. The van der Waals surface area contributed by atoms with Crippen LogP contribution in [0.1, 0.15) is 41.5 Å². The molecule has 1 aliphatic rings. The molecule has 0 fully saturated rings. The van der Waals surface area contributed by atoms with Gasteiger partial charge in [-0.3, -0.25) is 24.6 Å². The summed E-state index contributed by atoms with van der Waals surface area (Å²) in [4.78, 5) is 48.5. The van der Waals surface area contributed by atoms with Crippen molar-refractivity contribution in [2.24, 2.45) is 0 Å². The summed E-state index contributed by atoms with van der Waals surface area (Å²) in [6, 6.07) is 9.27. The number of hydrogen-bond donors (Lipinski definition) is 2. The van der Waals surface area contributed by atoms with Crippen LogP contribution < -0.4 is 10.6 Å². The van der Waals surface area contributed by atoms with Crippen LogP contribution in [0.3, 0.4) is 0 Å². The van der Waals surface area contributed by atoms with E-state index in [-0.39, 0.29) is 17.2 Å². The Bertz CT molecular complexity index is 992. The molecule has 4 amide bonds. The molecule has 0 radical (unpaired) electrons. The molecule has 2 aromatic rings. The number of non-ortho nitro benzene ring substituents is 1. The fraction of sp³-hybridized carbons (Fsp3) is 0.211. The third-order valence-corrected chi connectivity index (χ3v) is 4.15. The number of imide groups is 1. The Labute approximate surface area is 160 Å². The number of amides is 4. The second-order valence-electron chi connectivity index (χ2n) is 7.26. The molecular formula is C19H18N4O5. The van der Waals surface area contributed by atoms with Gasteiger partial charge in [0.2, 0.25) is 0 Å². The van der Waals surface area contributed by atoms with E-state index >= 15 is 0 Å². The molecule has 0 aliphatic carbocycles. The van der Waals surface area contributed by atoms with E-state index in [1.54, 1.807) is 20.8 Å². The lowest BCUT2D eigenvalue weighted by Crippen LogP contribution is -2.45. The highest BCUT2D eigenvalue weighted by atomic mass is 16.6. The second-order valence-corrected chi connectivity index (χ2v) is 7.26. The average molecular weight is 382 g/mol. The number of urea groups is 1. The standard InChI is InChI=1S/C19H18N4O5/c1-19(2,3)22-16(24)14-9-6-12(10-15(14)17(22)25)21-18(26)20-11-4-7-13(8-5-11)23(27)28/h4-10H,1-3H3,(H2,20,21,26). The summed E-state index contributed by atoms with van der Waals surface area (Å²) in [6.07, 6.45) is 0. The summed E-state index contributed by atoms with van der Waals surface area (Å²) in [5.41, 5.74) is 0.489. The topological polar surface area (TPSA) is 122 Å². The Morgan fingerprint density at radius 3 is 2.04 bits per heavy atom. The number of carbonyl (C=O) groups excluding carboxylic acids is 3. The Balaban J connectivity index is 1.74. The van der Waals surface area contributed by atoms with Gasteiger partial charge in [0.15, 0.2) is 0 Å². The maximum atomic E-state index is 12.6. The number of fused-ring (bicyclic) bond motifs is 1. The molecule has 9 heteroatoms. The van der Waals surface area contributed by atoms with Gasteiger partial charge < -0.3 is 10.6 Å². The van der Waals surface area contributed by atoms with Crippen molar-refractivity contribution in [3.05, 3.63) is 63.7 Å². The zero-order valence-corrected chi connectivity index (χ0v) is 15.5. The van der Waals surface area contributed by atoms with Gasteiger partial charge in [0, 0.05) is 29.0 Å². The van der Waals surface area contributed by atoms with Crippen molar-refractivity contribution in [2.75, 3.05) is 10.6 Å². The summed E-state index contributed by atoms with van der Waals surface area (Å²) in [5.74, 6) is -0.777. The SMILES string of the molecule is CC(C)(C)N1C(=O)c2ccc(NC(=O)Nc3ccc([N+](=O)[O-])cc3)cc2C1=O. The molecule has 1 heterocycles. The van der Waals surface area contributed by atoms with Gasteiger partial charge in [0.25, 0.3) is 17.5 Å². The van der Waals surface area contributed by atoms with Crippen molar-refractivity contribution in [1.29, 1.82) is 0 Å². The fourth-order valence-corrected chi connectivity index (χ4v) is 2.89. The van der Waals surface area contributed by atoms with Crippen LogP contribution in [0.2, 0.25) is 0 Å². The Kier molecular flexibility index (Phi) is 4.60. The van der Waals surface area contributed by atoms with E-state index in [1.807, 2.05) is 0 Å². The first kappa shape index (κ1) is 19.0. The van der Waals surface area contributed by atoms with Crippen LogP contribution in [0.5, 0.6) is 0 Å². The van der Waals surface area contributed by atoms with Crippen molar-refractivity contribution in [1.82, 2.24) is 4.90 Å². The first-order valence-electron chi connectivity index (χ1n) is 8.43. The highest BCUT2D eigenvalue weighted by Gasteiger charge is 2.41. The number of nitrogens with zero attached hydrogens (tertiary/aromatic N) is 2. The molecule has 9 nitrogen and oxygen atoms in total. The maximum Gasteiger partial charge on any atom is 0.323 e. The van der Waals surface area contributed by atoms with E-state index in [1.165, 1.54) is 47.4 Å². The minimum atomic E-state index is -0.659. The summed E-state index contributed by atoms with van der Waals surface area (Å²) in [6.45, 7) is 5.31. The minimum Gasteiger partial charge on any atom is -0.308 e. The fourth-order valence-electron chi connectivity index (χ4n) is 2.89. The molecule has 2 aromatic carbocycles. The predicted octanol–water partition coefficient (Wildman–Crippen LogP) is 3.63. The lowest BCUT2D eigenvalue weighted by atomic mass is 10.1. The largest absolute Gasteiger partial charge is 0.323 e. The van der Waals surface area contributed by atoms with Crippen molar-refractivity contribution >= 4 is 34.9 Å². The van der Waals surface area contributed by atoms with Crippen LogP contribution in [-0.4, -0.2) is 33.2 Å². The van der Waals surface area contributed by atoms with E-state index < -0.39 is 22.4 Å². The molecule has 28 heavy (non-hydrogen) atoms. The molecule has 3 rings (SSSR count). The smallest absolute Gasteiger partial charge is 0.308 e. The molecular weight excluding hydrogens is 364 g/mol. The minimum absolute atomic E-state index is 0.0869. The average Bonchev–Trinajstić information content (AvgIpc) is 2.85. The number of benzene rings is 2. The zero-order chi connectivity index (χ0) is 20.6. The number of nitro groups is 1. The lowest BCUT2D eigenvalue weighted by molar-refractivity contribution is -0.384. The van der Waals surface area contributed by atoms with Gasteiger partial charge in [-0.15, -0.1) is 0 Å². The van der Waals surface area contributed by atoms with Crippen LogP contribution in [0.25, 0.3) is 0 Å². The molecule has 1 aliphatic heterocycles. The molecule has 144 valence electrons. The van der Waals surface area contributed by atoms with E-state index in [2.05, 4.69) is 10.6 Å².